The first kappa shape index (κ1) is 12.1. The van der Waals surface area contributed by atoms with Gasteiger partial charge < -0.3 is 4.90 Å². The molecule has 0 aromatic heterocycles. The maximum absolute atomic E-state index is 11.4. The van der Waals surface area contributed by atoms with Crippen LogP contribution in [0.15, 0.2) is 30.3 Å². The summed E-state index contributed by atoms with van der Waals surface area (Å²) in [5, 5.41) is 0. The summed E-state index contributed by atoms with van der Waals surface area (Å²) in [4.78, 5) is 13.1. The van der Waals surface area contributed by atoms with Crippen molar-refractivity contribution in [3.8, 4) is 0 Å². The molecule has 0 radical (unpaired) electrons. The first-order chi connectivity index (χ1) is 7.27. The Bertz CT molecular complexity index is 300. The second-order valence-electron chi connectivity index (χ2n) is 3.34. The molecule has 0 saturated heterocycles. The van der Waals surface area contributed by atoms with Crippen molar-refractivity contribution in [2.45, 2.75) is 13.3 Å². The van der Waals surface area contributed by atoms with E-state index in [1.807, 2.05) is 25.1 Å². The smallest absolute Gasteiger partial charge is 0.237 e. The molecule has 0 fully saturated rings. The lowest BCUT2D eigenvalue weighted by atomic mass is 10.1. The van der Waals surface area contributed by atoms with Gasteiger partial charge in [-0.05, 0) is 18.9 Å². The molecular formula is C12H16ClNO. The van der Waals surface area contributed by atoms with Gasteiger partial charge in [0, 0.05) is 13.1 Å². The maximum atomic E-state index is 11.4. The van der Waals surface area contributed by atoms with Gasteiger partial charge in [0.05, 0.1) is 0 Å². The van der Waals surface area contributed by atoms with Gasteiger partial charge in [-0.25, -0.2) is 0 Å². The molecule has 1 rings (SSSR count). The van der Waals surface area contributed by atoms with Crippen LogP contribution >= 0.6 is 11.6 Å². The minimum absolute atomic E-state index is 0.00935. The highest BCUT2D eigenvalue weighted by Crippen LogP contribution is 2.02. The maximum Gasteiger partial charge on any atom is 0.237 e. The molecule has 0 atom stereocenters. The van der Waals surface area contributed by atoms with E-state index < -0.39 is 0 Å². The van der Waals surface area contributed by atoms with E-state index >= 15 is 0 Å². The minimum Gasteiger partial charge on any atom is -0.342 e. The van der Waals surface area contributed by atoms with Gasteiger partial charge in [-0.2, -0.15) is 0 Å². The van der Waals surface area contributed by atoms with Gasteiger partial charge >= 0.3 is 0 Å². The summed E-state index contributed by atoms with van der Waals surface area (Å²) >= 11 is 5.52. The van der Waals surface area contributed by atoms with E-state index in [0.717, 1.165) is 19.5 Å². The first-order valence-corrected chi connectivity index (χ1v) is 5.69. The molecule has 15 heavy (non-hydrogen) atoms. The lowest BCUT2D eigenvalue weighted by Crippen LogP contribution is -2.33. The second-order valence-corrected chi connectivity index (χ2v) is 3.61. The summed E-state index contributed by atoms with van der Waals surface area (Å²) in [7, 11) is 0. The molecule has 1 amide bonds. The normalized spacial score (nSPS) is 10.0. The zero-order valence-corrected chi connectivity index (χ0v) is 9.70. The standard InChI is InChI=1S/C12H16ClNO/c1-2-14(12(15)10-13)9-8-11-6-4-3-5-7-11/h3-7H,2,8-10H2,1H3. The predicted octanol–water partition coefficient (Wildman–Crippen LogP) is 2.32. The summed E-state index contributed by atoms with van der Waals surface area (Å²) in [5.41, 5.74) is 1.25. The third-order valence-corrected chi connectivity index (χ3v) is 2.59. The van der Waals surface area contributed by atoms with Crippen molar-refractivity contribution in [3.05, 3.63) is 35.9 Å². The number of amides is 1. The molecular weight excluding hydrogens is 210 g/mol. The minimum atomic E-state index is 0.00935. The number of benzene rings is 1. The van der Waals surface area contributed by atoms with E-state index in [4.69, 9.17) is 11.6 Å². The number of carbonyl (C=O) groups excluding carboxylic acids is 1. The molecule has 0 unspecified atom stereocenters. The van der Waals surface area contributed by atoms with Crippen molar-refractivity contribution in [2.24, 2.45) is 0 Å². The molecule has 2 nitrogen and oxygen atoms in total. The quantitative estimate of drug-likeness (QED) is 0.705. The van der Waals surface area contributed by atoms with E-state index in [1.54, 1.807) is 4.90 Å². The van der Waals surface area contributed by atoms with Crippen molar-refractivity contribution in [3.63, 3.8) is 0 Å². The van der Waals surface area contributed by atoms with E-state index in [-0.39, 0.29) is 11.8 Å². The van der Waals surface area contributed by atoms with Gasteiger partial charge in [-0.15, -0.1) is 11.6 Å². The summed E-state index contributed by atoms with van der Waals surface area (Å²) in [5.74, 6) is 0.0814. The molecule has 0 N–H and O–H groups in total. The molecule has 82 valence electrons. The molecule has 0 heterocycles. The van der Waals surface area contributed by atoms with E-state index in [9.17, 15) is 4.79 Å². The van der Waals surface area contributed by atoms with Crippen molar-refractivity contribution < 1.29 is 4.79 Å². The van der Waals surface area contributed by atoms with Crippen molar-refractivity contribution >= 4 is 17.5 Å². The predicted molar refractivity (Wildman–Crippen MR) is 63.1 cm³/mol. The third-order valence-electron chi connectivity index (χ3n) is 2.36. The van der Waals surface area contributed by atoms with Crippen LogP contribution in [0.2, 0.25) is 0 Å². The van der Waals surface area contributed by atoms with Crippen LogP contribution in [-0.4, -0.2) is 29.8 Å². The lowest BCUT2D eigenvalue weighted by molar-refractivity contribution is -0.128. The van der Waals surface area contributed by atoms with Gasteiger partial charge in [0.25, 0.3) is 0 Å². The number of carbonyl (C=O) groups is 1. The molecule has 0 aliphatic rings. The Kier molecular flexibility index (Phi) is 5.19. The Morgan fingerprint density at radius 1 is 1.33 bits per heavy atom. The Morgan fingerprint density at radius 2 is 2.00 bits per heavy atom. The average molecular weight is 226 g/mol. The van der Waals surface area contributed by atoms with Crippen molar-refractivity contribution in [2.75, 3.05) is 19.0 Å². The van der Waals surface area contributed by atoms with Crippen LogP contribution in [0.3, 0.4) is 0 Å². The number of rotatable bonds is 5. The Morgan fingerprint density at radius 3 is 2.53 bits per heavy atom. The SMILES string of the molecule is CCN(CCc1ccccc1)C(=O)CCl. The highest BCUT2D eigenvalue weighted by atomic mass is 35.5. The number of hydrogen-bond acceptors (Lipinski definition) is 1. The molecule has 0 saturated carbocycles. The first-order valence-electron chi connectivity index (χ1n) is 5.15. The van der Waals surface area contributed by atoms with Gasteiger partial charge in [-0.3, -0.25) is 4.79 Å². The van der Waals surface area contributed by atoms with Crippen molar-refractivity contribution in [1.82, 2.24) is 4.90 Å². The van der Waals surface area contributed by atoms with E-state index in [2.05, 4.69) is 12.1 Å². The van der Waals surface area contributed by atoms with Crippen LogP contribution in [0.1, 0.15) is 12.5 Å². The molecule has 3 heteroatoms. The van der Waals surface area contributed by atoms with Gasteiger partial charge in [0.1, 0.15) is 5.88 Å². The highest BCUT2D eigenvalue weighted by molar-refractivity contribution is 6.27. The second kappa shape index (κ2) is 6.46. The number of hydrogen-bond donors (Lipinski definition) is 0. The number of likely N-dealkylation sites (N-methyl/N-ethyl adjacent to an activating group) is 1. The summed E-state index contributed by atoms with van der Waals surface area (Å²) in [6.07, 6.45) is 0.886. The van der Waals surface area contributed by atoms with Crippen LogP contribution in [-0.2, 0) is 11.2 Å². The molecule has 0 spiro atoms. The monoisotopic (exact) mass is 225 g/mol. The number of halogens is 1. The van der Waals surface area contributed by atoms with Crippen LogP contribution < -0.4 is 0 Å². The van der Waals surface area contributed by atoms with E-state index in [0.29, 0.717) is 0 Å². The molecule has 0 bridgehead atoms. The Balaban J connectivity index is 2.44. The largest absolute Gasteiger partial charge is 0.342 e. The molecule has 1 aromatic carbocycles. The highest BCUT2D eigenvalue weighted by Gasteiger charge is 2.09. The topological polar surface area (TPSA) is 20.3 Å². The van der Waals surface area contributed by atoms with E-state index in [1.165, 1.54) is 5.56 Å². The van der Waals surface area contributed by atoms with Gasteiger partial charge in [0.15, 0.2) is 0 Å². The van der Waals surface area contributed by atoms with Crippen LogP contribution in [0.25, 0.3) is 0 Å². The Hall–Kier alpha value is -1.02. The zero-order chi connectivity index (χ0) is 11.1. The zero-order valence-electron chi connectivity index (χ0n) is 8.95. The molecule has 1 aromatic rings. The van der Waals surface area contributed by atoms with Crippen LogP contribution in [0, 0.1) is 0 Å². The average Bonchev–Trinajstić information content (AvgIpc) is 2.31. The van der Waals surface area contributed by atoms with Gasteiger partial charge in [0.2, 0.25) is 5.91 Å². The molecule has 0 aliphatic carbocycles. The summed E-state index contributed by atoms with van der Waals surface area (Å²) < 4.78 is 0. The van der Waals surface area contributed by atoms with Crippen LogP contribution in [0.5, 0.6) is 0 Å². The Labute approximate surface area is 95.8 Å². The summed E-state index contributed by atoms with van der Waals surface area (Å²) in [6, 6.07) is 10.1. The fourth-order valence-corrected chi connectivity index (χ4v) is 1.62. The number of nitrogens with zero attached hydrogens (tertiary/aromatic N) is 1. The molecule has 0 aliphatic heterocycles. The van der Waals surface area contributed by atoms with Gasteiger partial charge in [-0.1, -0.05) is 30.3 Å². The third kappa shape index (κ3) is 3.92. The van der Waals surface area contributed by atoms with Crippen molar-refractivity contribution in [1.29, 1.82) is 0 Å². The fraction of sp³-hybridized carbons (Fsp3) is 0.417. The lowest BCUT2D eigenvalue weighted by Gasteiger charge is -2.19. The summed E-state index contributed by atoms with van der Waals surface area (Å²) in [6.45, 7) is 3.43. The van der Waals surface area contributed by atoms with Crippen LogP contribution in [0.4, 0.5) is 0 Å². The fourth-order valence-electron chi connectivity index (χ4n) is 1.45. The number of alkyl halides is 1.